The van der Waals surface area contributed by atoms with Gasteiger partial charge in [-0.2, -0.15) is 0 Å². The number of benzene rings is 1. The second-order valence-corrected chi connectivity index (χ2v) is 4.65. The Hall–Kier alpha value is -1.62. The predicted molar refractivity (Wildman–Crippen MR) is 65.6 cm³/mol. The lowest BCUT2D eigenvalue weighted by atomic mass is 10.1. The van der Waals surface area contributed by atoms with E-state index in [1.807, 2.05) is 0 Å². The number of aromatic hydroxyl groups is 1. The lowest BCUT2D eigenvalue weighted by Gasteiger charge is -2.15. The van der Waals surface area contributed by atoms with Gasteiger partial charge in [-0.15, -0.1) is 0 Å². The van der Waals surface area contributed by atoms with E-state index in [2.05, 4.69) is 10.6 Å². The maximum Gasteiger partial charge on any atom is 0.234 e. The van der Waals surface area contributed by atoms with Crippen LogP contribution in [-0.2, 0) is 4.79 Å². The maximum atomic E-state index is 13.1. The van der Waals surface area contributed by atoms with Crippen molar-refractivity contribution in [3.8, 4) is 5.75 Å². The van der Waals surface area contributed by atoms with Gasteiger partial charge < -0.3 is 15.7 Å². The molecule has 18 heavy (non-hydrogen) atoms. The van der Waals surface area contributed by atoms with Crippen molar-refractivity contribution >= 4 is 5.91 Å². The summed E-state index contributed by atoms with van der Waals surface area (Å²) in [7, 11) is 0. The molecule has 0 bridgehead atoms. The number of nitrogens with one attached hydrogen (secondary N) is 2. The number of hydrogen-bond donors (Lipinski definition) is 3. The molecule has 1 fully saturated rings. The molecule has 4 nitrogen and oxygen atoms in total. The number of hydrogen-bond acceptors (Lipinski definition) is 3. The van der Waals surface area contributed by atoms with Crippen LogP contribution in [0.15, 0.2) is 18.2 Å². The Morgan fingerprint density at radius 2 is 2.28 bits per heavy atom. The fourth-order valence-corrected chi connectivity index (χ4v) is 1.73. The number of amides is 1. The average Bonchev–Trinajstić information content (AvgIpc) is 3.13. The van der Waals surface area contributed by atoms with Gasteiger partial charge in [0, 0.05) is 17.6 Å². The summed E-state index contributed by atoms with van der Waals surface area (Å²) in [6.07, 6.45) is 2.10. The molecule has 1 aromatic rings. The molecule has 1 aromatic carbocycles. The number of halogens is 1. The van der Waals surface area contributed by atoms with E-state index in [1.165, 1.54) is 18.2 Å². The molecular weight excluding hydrogens is 235 g/mol. The van der Waals surface area contributed by atoms with E-state index >= 15 is 0 Å². The minimum atomic E-state index is -0.404. The monoisotopic (exact) mass is 252 g/mol. The van der Waals surface area contributed by atoms with E-state index in [0.717, 1.165) is 12.8 Å². The van der Waals surface area contributed by atoms with Crippen LogP contribution in [-0.4, -0.2) is 23.6 Å². The number of phenols is 1. The molecule has 2 rings (SSSR count). The van der Waals surface area contributed by atoms with Crippen LogP contribution >= 0.6 is 0 Å². The van der Waals surface area contributed by atoms with Gasteiger partial charge in [-0.1, -0.05) is 0 Å². The summed E-state index contributed by atoms with van der Waals surface area (Å²) in [5, 5.41) is 15.4. The summed E-state index contributed by atoms with van der Waals surface area (Å²) in [6, 6.07) is 3.83. The third-order valence-corrected chi connectivity index (χ3v) is 2.97. The summed E-state index contributed by atoms with van der Waals surface area (Å²) >= 11 is 0. The van der Waals surface area contributed by atoms with Crippen LogP contribution in [0.5, 0.6) is 5.75 Å². The van der Waals surface area contributed by atoms with E-state index in [4.69, 9.17) is 0 Å². The lowest BCUT2D eigenvalue weighted by Crippen LogP contribution is -2.36. The quantitative estimate of drug-likeness (QED) is 0.743. The average molecular weight is 252 g/mol. The van der Waals surface area contributed by atoms with Gasteiger partial charge in [-0.05, 0) is 38.0 Å². The number of carbonyl (C=O) groups excluding carboxylic acids is 1. The van der Waals surface area contributed by atoms with Gasteiger partial charge in [0.15, 0.2) is 0 Å². The Bertz CT molecular complexity index is 447. The van der Waals surface area contributed by atoms with Crippen molar-refractivity contribution in [1.82, 2.24) is 10.6 Å². The minimum absolute atomic E-state index is 0.0269. The third-order valence-electron chi connectivity index (χ3n) is 2.97. The van der Waals surface area contributed by atoms with Crippen molar-refractivity contribution in [2.75, 3.05) is 6.54 Å². The van der Waals surface area contributed by atoms with Gasteiger partial charge in [-0.3, -0.25) is 4.79 Å². The number of phenolic OH excluding ortho intramolecular Hbond substituents is 1. The van der Waals surface area contributed by atoms with E-state index in [9.17, 15) is 14.3 Å². The summed E-state index contributed by atoms with van der Waals surface area (Å²) in [6.45, 7) is 1.94. The molecule has 1 aliphatic carbocycles. The zero-order valence-corrected chi connectivity index (χ0v) is 10.2. The van der Waals surface area contributed by atoms with Gasteiger partial charge in [-0.25, -0.2) is 4.39 Å². The van der Waals surface area contributed by atoms with Crippen molar-refractivity contribution in [1.29, 1.82) is 0 Å². The molecule has 0 heterocycles. The molecule has 0 radical (unpaired) electrons. The first kappa shape index (κ1) is 12.8. The Morgan fingerprint density at radius 3 is 2.94 bits per heavy atom. The standard InChI is InChI=1S/C13H17FN2O2/c1-8(11-6-9(14)2-5-12(11)17)15-7-13(18)16-10-3-4-10/h2,5-6,8,10,15,17H,3-4,7H2,1H3,(H,16,18). The zero-order valence-electron chi connectivity index (χ0n) is 10.2. The Morgan fingerprint density at radius 1 is 1.56 bits per heavy atom. The second kappa shape index (κ2) is 5.35. The van der Waals surface area contributed by atoms with Crippen LogP contribution in [0, 0.1) is 5.82 Å². The Balaban J connectivity index is 1.87. The summed E-state index contributed by atoms with van der Waals surface area (Å²) < 4.78 is 13.1. The van der Waals surface area contributed by atoms with E-state index < -0.39 is 5.82 Å². The van der Waals surface area contributed by atoms with Crippen molar-refractivity contribution in [2.24, 2.45) is 0 Å². The molecule has 0 aromatic heterocycles. The highest BCUT2D eigenvalue weighted by Gasteiger charge is 2.23. The van der Waals surface area contributed by atoms with E-state index in [-0.39, 0.29) is 24.2 Å². The first-order valence-corrected chi connectivity index (χ1v) is 6.07. The van der Waals surface area contributed by atoms with Gasteiger partial charge in [0.05, 0.1) is 6.54 Å². The van der Waals surface area contributed by atoms with Crippen LogP contribution in [0.25, 0.3) is 0 Å². The summed E-state index contributed by atoms with van der Waals surface area (Å²) in [5.74, 6) is -0.446. The SMILES string of the molecule is CC(NCC(=O)NC1CC1)c1cc(F)ccc1O. The zero-order chi connectivity index (χ0) is 13.1. The van der Waals surface area contributed by atoms with Crippen molar-refractivity contribution in [3.05, 3.63) is 29.6 Å². The molecular formula is C13H17FN2O2. The van der Waals surface area contributed by atoms with Crippen molar-refractivity contribution < 1.29 is 14.3 Å². The van der Waals surface area contributed by atoms with Crippen LogP contribution in [0.1, 0.15) is 31.4 Å². The van der Waals surface area contributed by atoms with Crippen LogP contribution in [0.2, 0.25) is 0 Å². The van der Waals surface area contributed by atoms with Gasteiger partial charge in [0.1, 0.15) is 11.6 Å². The molecule has 1 saturated carbocycles. The van der Waals surface area contributed by atoms with Gasteiger partial charge in [0.25, 0.3) is 0 Å². The number of carbonyl (C=O) groups is 1. The predicted octanol–water partition coefficient (Wildman–Crippen LogP) is 1.46. The second-order valence-electron chi connectivity index (χ2n) is 4.65. The fraction of sp³-hybridized carbons (Fsp3) is 0.462. The van der Waals surface area contributed by atoms with Gasteiger partial charge in [0.2, 0.25) is 5.91 Å². The first-order chi connectivity index (χ1) is 8.56. The molecule has 0 saturated heterocycles. The molecule has 98 valence electrons. The third kappa shape index (κ3) is 3.43. The van der Waals surface area contributed by atoms with E-state index in [1.54, 1.807) is 6.92 Å². The van der Waals surface area contributed by atoms with Crippen LogP contribution < -0.4 is 10.6 Å². The van der Waals surface area contributed by atoms with E-state index in [0.29, 0.717) is 11.6 Å². The summed E-state index contributed by atoms with van der Waals surface area (Å²) in [4.78, 5) is 11.5. The normalized spacial score (nSPS) is 16.3. The van der Waals surface area contributed by atoms with Gasteiger partial charge >= 0.3 is 0 Å². The molecule has 1 atom stereocenters. The minimum Gasteiger partial charge on any atom is -0.508 e. The molecule has 1 aliphatic rings. The highest BCUT2D eigenvalue weighted by Crippen LogP contribution is 2.24. The van der Waals surface area contributed by atoms with Crippen molar-refractivity contribution in [3.63, 3.8) is 0 Å². The molecule has 1 amide bonds. The lowest BCUT2D eigenvalue weighted by molar-refractivity contribution is -0.120. The van der Waals surface area contributed by atoms with Crippen LogP contribution in [0.3, 0.4) is 0 Å². The Labute approximate surface area is 105 Å². The number of rotatable bonds is 5. The molecule has 1 unspecified atom stereocenters. The topological polar surface area (TPSA) is 61.4 Å². The molecule has 0 aliphatic heterocycles. The first-order valence-electron chi connectivity index (χ1n) is 6.07. The summed E-state index contributed by atoms with van der Waals surface area (Å²) in [5.41, 5.74) is 0.453. The van der Waals surface area contributed by atoms with Crippen LogP contribution in [0.4, 0.5) is 4.39 Å². The smallest absolute Gasteiger partial charge is 0.234 e. The molecule has 0 spiro atoms. The molecule has 3 N–H and O–H groups in total. The fourth-order valence-electron chi connectivity index (χ4n) is 1.73. The maximum absolute atomic E-state index is 13.1. The highest BCUT2D eigenvalue weighted by atomic mass is 19.1. The Kier molecular flexibility index (Phi) is 3.81. The largest absolute Gasteiger partial charge is 0.508 e. The highest BCUT2D eigenvalue weighted by molar-refractivity contribution is 5.78. The van der Waals surface area contributed by atoms with Crippen molar-refractivity contribution in [2.45, 2.75) is 31.8 Å². The molecule has 5 heteroatoms.